The smallest absolute Gasteiger partial charge is 0.456 e. The molecule has 1 aliphatic rings. The van der Waals surface area contributed by atoms with Crippen LogP contribution in [0.5, 0.6) is 0 Å². The Balaban J connectivity index is 1.34. The molecule has 0 aliphatic carbocycles. The van der Waals surface area contributed by atoms with Crippen LogP contribution in [-0.2, 0) is 9.31 Å². The fourth-order valence-electron chi connectivity index (χ4n) is 5.07. The van der Waals surface area contributed by atoms with Crippen LogP contribution in [-0.4, -0.2) is 18.3 Å². The molecular weight excluding hydrogens is 451 g/mol. The molecule has 35 heavy (non-hydrogen) atoms. The lowest BCUT2D eigenvalue weighted by Gasteiger charge is -2.32. The zero-order valence-corrected chi connectivity index (χ0v) is 21.0. The lowest BCUT2D eigenvalue weighted by molar-refractivity contribution is 0.00578. The second kappa shape index (κ2) is 7.20. The molecule has 0 amide bonds. The average molecular weight is 476 g/mol. The van der Waals surface area contributed by atoms with E-state index in [1.54, 1.807) is 0 Å². The van der Waals surface area contributed by atoms with Gasteiger partial charge in [-0.2, -0.15) is 0 Å². The molecule has 1 saturated heterocycles. The predicted octanol–water partition coefficient (Wildman–Crippen LogP) is 7.92. The lowest BCUT2D eigenvalue weighted by Crippen LogP contribution is -2.41. The first-order chi connectivity index (χ1) is 16.8. The van der Waals surface area contributed by atoms with Gasteiger partial charge in [-0.3, -0.25) is 0 Å². The summed E-state index contributed by atoms with van der Waals surface area (Å²) in [6, 6.07) is 27.9. The number of hydrogen-bond acceptors (Lipinski definition) is 4. The number of hydrogen-bond donors (Lipinski definition) is 0. The molecule has 172 valence electrons. The highest BCUT2D eigenvalue weighted by Crippen LogP contribution is 2.43. The van der Waals surface area contributed by atoms with E-state index in [4.69, 9.17) is 13.7 Å². The van der Waals surface area contributed by atoms with Crippen molar-refractivity contribution in [2.75, 3.05) is 0 Å². The average Bonchev–Trinajstić information content (AvgIpc) is 3.47. The van der Waals surface area contributed by atoms with Gasteiger partial charge in [-0.05, 0) is 74.6 Å². The van der Waals surface area contributed by atoms with E-state index in [2.05, 4.69) is 107 Å². The van der Waals surface area contributed by atoms with Gasteiger partial charge < -0.3 is 13.7 Å². The molecule has 0 N–H and O–H groups in total. The minimum atomic E-state index is -0.352. The SMILES string of the molecule is CC1(C)OB(c2ccc(-c3ccc4oc5ccc6sc7ccccc7c6c5c4c3)cc2)OC1(C)C. The van der Waals surface area contributed by atoms with Crippen molar-refractivity contribution in [2.45, 2.75) is 38.9 Å². The number of furan rings is 1. The van der Waals surface area contributed by atoms with E-state index in [0.29, 0.717) is 0 Å². The van der Waals surface area contributed by atoms with Crippen LogP contribution in [0.3, 0.4) is 0 Å². The zero-order chi connectivity index (χ0) is 23.9. The summed E-state index contributed by atoms with van der Waals surface area (Å²) in [5.41, 5.74) is 4.52. The fourth-order valence-corrected chi connectivity index (χ4v) is 6.19. The van der Waals surface area contributed by atoms with E-state index in [-0.39, 0.29) is 18.3 Å². The maximum Gasteiger partial charge on any atom is 0.494 e. The van der Waals surface area contributed by atoms with Gasteiger partial charge in [0.15, 0.2) is 0 Å². The van der Waals surface area contributed by atoms with E-state index in [1.165, 1.54) is 25.6 Å². The Kier molecular flexibility index (Phi) is 4.36. The summed E-state index contributed by atoms with van der Waals surface area (Å²) in [4.78, 5) is 0. The van der Waals surface area contributed by atoms with Crippen molar-refractivity contribution in [3.8, 4) is 11.1 Å². The van der Waals surface area contributed by atoms with Crippen LogP contribution in [0.4, 0.5) is 0 Å². The minimum Gasteiger partial charge on any atom is -0.456 e. The fraction of sp³-hybridized carbons (Fsp3) is 0.200. The van der Waals surface area contributed by atoms with E-state index < -0.39 is 0 Å². The van der Waals surface area contributed by atoms with E-state index in [0.717, 1.165) is 33.1 Å². The van der Waals surface area contributed by atoms with Gasteiger partial charge >= 0.3 is 7.12 Å². The molecule has 4 aromatic carbocycles. The first kappa shape index (κ1) is 21.2. The third-order valence-electron chi connectivity index (χ3n) is 7.74. The van der Waals surface area contributed by atoms with Gasteiger partial charge in [-0.15, -0.1) is 11.3 Å². The predicted molar refractivity (Wildman–Crippen MR) is 148 cm³/mol. The molecule has 0 radical (unpaired) electrons. The number of benzene rings is 4. The van der Waals surface area contributed by atoms with Gasteiger partial charge in [0.1, 0.15) is 11.2 Å². The molecule has 0 unspecified atom stereocenters. The van der Waals surface area contributed by atoms with Gasteiger partial charge in [-0.25, -0.2) is 0 Å². The Hall–Kier alpha value is -3.12. The second-order valence-corrected chi connectivity index (χ2v) is 11.5. The summed E-state index contributed by atoms with van der Waals surface area (Å²) in [6.07, 6.45) is 0. The standard InChI is InChI=1S/C30H25BO3S/c1-29(2)30(3,4)34-31(33-29)20-12-9-18(10-13-20)19-11-14-23-22(17-19)27-24(32-23)15-16-26-28(27)21-7-5-6-8-25(21)35-26/h5-17H,1-4H3. The van der Waals surface area contributed by atoms with Gasteiger partial charge in [0.2, 0.25) is 0 Å². The molecule has 0 saturated carbocycles. The molecule has 6 aromatic rings. The molecule has 0 atom stereocenters. The Labute approximate surface area is 208 Å². The maximum atomic E-state index is 6.27. The second-order valence-electron chi connectivity index (χ2n) is 10.4. The van der Waals surface area contributed by atoms with Crippen LogP contribution in [0.2, 0.25) is 0 Å². The van der Waals surface area contributed by atoms with Crippen molar-refractivity contribution in [1.82, 2.24) is 0 Å². The van der Waals surface area contributed by atoms with Crippen LogP contribution in [0.25, 0.3) is 53.2 Å². The monoisotopic (exact) mass is 476 g/mol. The highest BCUT2D eigenvalue weighted by atomic mass is 32.1. The minimum absolute atomic E-state index is 0.346. The van der Waals surface area contributed by atoms with Crippen molar-refractivity contribution in [1.29, 1.82) is 0 Å². The lowest BCUT2D eigenvalue weighted by atomic mass is 9.78. The third kappa shape index (κ3) is 3.12. The van der Waals surface area contributed by atoms with Crippen molar-refractivity contribution in [2.24, 2.45) is 0 Å². The molecule has 0 spiro atoms. The molecular formula is C30H25BO3S. The van der Waals surface area contributed by atoms with Gasteiger partial charge in [-0.1, -0.05) is 48.5 Å². The van der Waals surface area contributed by atoms with E-state index in [1.807, 2.05) is 11.3 Å². The Bertz CT molecular complexity index is 1740. The zero-order valence-electron chi connectivity index (χ0n) is 20.2. The third-order valence-corrected chi connectivity index (χ3v) is 8.88. The van der Waals surface area contributed by atoms with Crippen molar-refractivity contribution in [3.63, 3.8) is 0 Å². The molecule has 7 rings (SSSR count). The van der Waals surface area contributed by atoms with Crippen LogP contribution < -0.4 is 5.46 Å². The summed E-state index contributed by atoms with van der Waals surface area (Å²) in [5.74, 6) is 0. The highest BCUT2D eigenvalue weighted by molar-refractivity contribution is 7.26. The largest absolute Gasteiger partial charge is 0.494 e. The molecule has 0 bridgehead atoms. The van der Waals surface area contributed by atoms with E-state index >= 15 is 0 Å². The molecule has 2 aromatic heterocycles. The number of fused-ring (bicyclic) bond motifs is 7. The quantitative estimate of drug-likeness (QED) is 0.238. The first-order valence-corrected chi connectivity index (χ1v) is 12.8. The van der Waals surface area contributed by atoms with E-state index in [9.17, 15) is 0 Å². The van der Waals surface area contributed by atoms with Crippen molar-refractivity contribution < 1.29 is 13.7 Å². The van der Waals surface area contributed by atoms with Crippen LogP contribution in [0.1, 0.15) is 27.7 Å². The van der Waals surface area contributed by atoms with Crippen molar-refractivity contribution in [3.05, 3.63) is 78.9 Å². The summed E-state index contributed by atoms with van der Waals surface area (Å²) in [6.45, 7) is 8.33. The summed E-state index contributed by atoms with van der Waals surface area (Å²) < 4.78 is 21.3. The highest BCUT2D eigenvalue weighted by Gasteiger charge is 2.51. The van der Waals surface area contributed by atoms with Crippen molar-refractivity contribution >= 4 is 66.0 Å². The summed E-state index contributed by atoms with van der Waals surface area (Å²) in [7, 11) is -0.352. The Morgan fingerprint density at radius 3 is 2.09 bits per heavy atom. The normalized spacial score (nSPS) is 17.3. The number of rotatable bonds is 2. The maximum absolute atomic E-state index is 6.27. The molecule has 5 heteroatoms. The number of thiophene rings is 1. The van der Waals surface area contributed by atoms with Gasteiger partial charge in [0.25, 0.3) is 0 Å². The molecule has 1 fully saturated rings. The molecule has 1 aliphatic heterocycles. The summed E-state index contributed by atoms with van der Waals surface area (Å²) >= 11 is 1.84. The molecule has 3 heterocycles. The Morgan fingerprint density at radius 2 is 1.31 bits per heavy atom. The van der Waals surface area contributed by atoms with Crippen LogP contribution >= 0.6 is 11.3 Å². The summed E-state index contributed by atoms with van der Waals surface area (Å²) in [5, 5.41) is 4.93. The van der Waals surface area contributed by atoms with Crippen LogP contribution in [0, 0.1) is 0 Å². The van der Waals surface area contributed by atoms with Gasteiger partial charge in [0, 0.05) is 30.9 Å². The topological polar surface area (TPSA) is 31.6 Å². The van der Waals surface area contributed by atoms with Gasteiger partial charge in [0.05, 0.1) is 11.2 Å². The Morgan fingerprint density at radius 1 is 0.629 bits per heavy atom. The van der Waals surface area contributed by atoms with Crippen LogP contribution in [0.15, 0.2) is 83.3 Å². The molecule has 3 nitrogen and oxygen atoms in total. The first-order valence-electron chi connectivity index (χ1n) is 12.0.